The van der Waals surface area contributed by atoms with E-state index in [1.807, 2.05) is 0 Å². The molecule has 0 aliphatic heterocycles. The minimum atomic E-state index is 1.17. The van der Waals surface area contributed by atoms with Gasteiger partial charge in [0.15, 0.2) is 0 Å². The maximum Gasteiger partial charge on any atom is 0.0618 e. The molecule has 0 amide bonds. The molecular weight excluding hydrogens is 1740 g/mol. The summed E-state index contributed by atoms with van der Waals surface area (Å²) in [6.07, 6.45) is 0. The van der Waals surface area contributed by atoms with Crippen LogP contribution < -0.4 is 0 Å². The van der Waals surface area contributed by atoms with Crippen LogP contribution in [0.2, 0.25) is 0 Å². The maximum absolute atomic E-state index is 2.48. The standard InChI is InChI=1S/3C46H30N2/c1-3-13-31(14-4-1)35-19-11-21-37-36(35)20-12-24-44(37)48-43-23-10-8-18-39(43)41-30-33(26-28-46(41)48)32-25-27-45-40(29-32)38-17-7-9-22-42(38)47(45)34-15-5-2-6-16-34;1-3-13-31(14-4-1)37-26-23-32-15-7-8-18-36(32)46(37)48-43-22-12-10-20-39(43)41-30-34(25-28-45(41)48)33-24-27-44-40(29-33)38-19-9-11-21-42(38)47(44)35-16-5-2-6-17-35;1-3-13-31(14-4-1)35-25-28-44(37-18-8-7-17-36(35)37)48-43-22-12-10-20-39(43)41-30-33(24-27-46(41)48)32-23-26-45-40(29-32)38-19-9-11-21-42(38)47(45)34-15-5-2-6-16-34/h3*1-30H. The number of fused-ring (bicyclic) bond motifs is 21. The van der Waals surface area contributed by atoms with Crippen molar-refractivity contribution in [1.29, 1.82) is 0 Å². The number of hydrogen-bond donors (Lipinski definition) is 0. The number of benzene rings is 24. The van der Waals surface area contributed by atoms with Gasteiger partial charge in [0, 0.05) is 103 Å². The summed E-state index contributed by atoms with van der Waals surface area (Å²) >= 11 is 0. The Labute approximate surface area is 831 Å². The topological polar surface area (TPSA) is 29.6 Å². The first kappa shape index (κ1) is 83.1. The molecule has 0 aliphatic rings. The van der Waals surface area contributed by atoms with Crippen molar-refractivity contribution in [2.24, 2.45) is 0 Å². The van der Waals surface area contributed by atoms with E-state index in [0.29, 0.717) is 0 Å². The van der Waals surface area contributed by atoms with Crippen LogP contribution in [0.5, 0.6) is 0 Å². The van der Waals surface area contributed by atoms with E-state index >= 15 is 0 Å². The van der Waals surface area contributed by atoms with Gasteiger partial charge in [-0.05, 0) is 235 Å². The zero-order valence-corrected chi connectivity index (χ0v) is 78.6. The quantitative estimate of drug-likeness (QED) is 0.117. The van der Waals surface area contributed by atoms with Crippen LogP contribution in [-0.2, 0) is 0 Å². The van der Waals surface area contributed by atoms with E-state index in [9.17, 15) is 0 Å². The molecule has 6 aromatic heterocycles. The second-order valence-corrected chi connectivity index (χ2v) is 37.7. The molecule has 30 rings (SSSR count). The number of hydrogen-bond acceptors (Lipinski definition) is 0. The van der Waals surface area contributed by atoms with E-state index in [1.54, 1.807) is 0 Å². The van der Waals surface area contributed by atoms with E-state index in [0.717, 1.165) is 0 Å². The summed E-state index contributed by atoms with van der Waals surface area (Å²) in [4.78, 5) is 0. The molecule has 144 heavy (non-hydrogen) atoms. The van der Waals surface area contributed by atoms with Crippen LogP contribution in [0.15, 0.2) is 546 Å². The first-order valence-electron chi connectivity index (χ1n) is 49.6. The molecule has 30 aromatic rings. The third kappa shape index (κ3) is 13.7. The first-order chi connectivity index (χ1) is 71.5. The second-order valence-electron chi connectivity index (χ2n) is 37.7. The Morgan fingerprint density at radius 3 is 0.694 bits per heavy atom. The molecule has 0 unspecified atom stereocenters. The Hall–Kier alpha value is -19.1. The maximum atomic E-state index is 2.48. The number of para-hydroxylation sites is 9. The molecule has 0 N–H and O–H groups in total. The van der Waals surface area contributed by atoms with Crippen molar-refractivity contribution in [2.75, 3.05) is 0 Å². The average Bonchev–Trinajstić information content (AvgIpc) is 1.57. The van der Waals surface area contributed by atoms with Crippen LogP contribution in [0, 0.1) is 0 Å². The van der Waals surface area contributed by atoms with Gasteiger partial charge in [0.2, 0.25) is 0 Å². The molecule has 0 saturated carbocycles. The van der Waals surface area contributed by atoms with Crippen molar-refractivity contribution >= 4 is 163 Å². The fraction of sp³-hybridized carbons (Fsp3) is 0. The smallest absolute Gasteiger partial charge is 0.0618 e. The number of aromatic nitrogens is 6. The van der Waals surface area contributed by atoms with Gasteiger partial charge in [-0.2, -0.15) is 0 Å². The second kappa shape index (κ2) is 34.5. The minimum absolute atomic E-state index is 1.17. The molecule has 0 aliphatic carbocycles. The highest BCUT2D eigenvalue weighted by atomic mass is 15.0. The Kier molecular flexibility index (Phi) is 19.9. The molecule has 0 radical (unpaired) electrons. The molecular formula is C138H90N6. The van der Waals surface area contributed by atoms with Gasteiger partial charge >= 0.3 is 0 Å². The molecule has 24 aromatic carbocycles. The highest BCUT2D eigenvalue weighted by Crippen LogP contribution is 2.48. The van der Waals surface area contributed by atoms with Gasteiger partial charge in [-0.1, -0.05) is 388 Å². The van der Waals surface area contributed by atoms with Crippen molar-refractivity contribution in [3.63, 3.8) is 0 Å². The Balaban J connectivity index is 0.000000105. The predicted molar refractivity (Wildman–Crippen MR) is 610 cm³/mol. The monoisotopic (exact) mass is 1830 g/mol. The summed E-state index contributed by atoms with van der Waals surface area (Å²) in [6.45, 7) is 0. The summed E-state index contributed by atoms with van der Waals surface area (Å²) in [7, 11) is 0. The lowest BCUT2D eigenvalue weighted by atomic mass is 9.97. The number of rotatable bonds is 12. The molecule has 672 valence electrons. The van der Waals surface area contributed by atoms with Crippen molar-refractivity contribution in [3.8, 4) is 101 Å². The van der Waals surface area contributed by atoms with Gasteiger partial charge in [-0.15, -0.1) is 0 Å². The fourth-order valence-electron chi connectivity index (χ4n) is 23.3. The Bertz CT molecular complexity index is 9980. The largest absolute Gasteiger partial charge is 0.309 e. The summed E-state index contributed by atoms with van der Waals surface area (Å²) in [6, 6.07) is 199. The molecule has 0 spiro atoms. The average molecular weight is 1830 g/mol. The van der Waals surface area contributed by atoms with Crippen LogP contribution in [0.25, 0.3) is 264 Å². The van der Waals surface area contributed by atoms with Crippen LogP contribution in [0.1, 0.15) is 0 Å². The fourth-order valence-corrected chi connectivity index (χ4v) is 23.3. The number of nitrogens with zero attached hydrogens (tertiary/aromatic N) is 6. The molecule has 0 fully saturated rings. The SMILES string of the molecule is c1ccc(-c2ccc(-n3c4ccccc4c4cc(-c5ccc6c(c5)c5ccccc5n6-c5ccccc5)ccc43)c3ccccc23)cc1.c1ccc(-c2ccc3ccccc3c2-n2c3ccccc3c3cc(-c4ccc5c(c4)c4ccccc4n5-c4ccccc4)ccc32)cc1.c1ccc(-c2cccc3c(-n4c5ccccc5c5cc(-c6ccc7c(c6)c6ccccc6n7-c6ccccc6)ccc54)cccc23)cc1. The first-order valence-corrected chi connectivity index (χ1v) is 49.6. The lowest BCUT2D eigenvalue weighted by Crippen LogP contribution is -1.99. The van der Waals surface area contributed by atoms with E-state index < -0.39 is 0 Å². The van der Waals surface area contributed by atoms with Gasteiger partial charge in [-0.25, -0.2) is 0 Å². The van der Waals surface area contributed by atoms with Crippen molar-refractivity contribution < 1.29 is 0 Å². The molecule has 0 atom stereocenters. The lowest BCUT2D eigenvalue weighted by Gasteiger charge is -2.17. The normalized spacial score (nSPS) is 11.8. The molecule has 6 heteroatoms. The molecule has 0 saturated heterocycles. The van der Waals surface area contributed by atoms with E-state index in [4.69, 9.17) is 0 Å². The minimum Gasteiger partial charge on any atom is -0.309 e. The molecule has 0 bridgehead atoms. The third-order valence-corrected chi connectivity index (χ3v) is 29.7. The van der Waals surface area contributed by atoms with Crippen molar-refractivity contribution in [1.82, 2.24) is 27.4 Å². The zero-order valence-electron chi connectivity index (χ0n) is 78.6. The van der Waals surface area contributed by atoms with Crippen LogP contribution in [0.3, 0.4) is 0 Å². The van der Waals surface area contributed by atoms with Crippen LogP contribution in [-0.4, -0.2) is 27.4 Å². The summed E-state index contributed by atoms with van der Waals surface area (Å²) in [5.74, 6) is 0. The molecule has 6 nitrogen and oxygen atoms in total. The van der Waals surface area contributed by atoms with E-state index in [2.05, 4.69) is 573 Å². The predicted octanol–water partition coefficient (Wildman–Crippen LogP) is 37.1. The van der Waals surface area contributed by atoms with Crippen molar-refractivity contribution in [3.05, 3.63) is 546 Å². The summed E-state index contributed by atoms with van der Waals surface area (Å²) in [5, 5.41) is 22.6. The Morgan fingerprint density at radius 1 is 0.104 bits per heavy atom. The zero-order chi connectivity index (χ0) is 94.8. The van der Waals surface area contributed by atoms with Crippen LogP contribution in [0.4, 0.5) is 0 Å². The van der Waals surface area contributed by atoms with Gasteiger partial charge in [-0.3, -0.25) is 0 Å². The van der Waals surface area contributed by atoms with E-state index in [1.165, 1.54) is 264 Å². The highest BCUT2D eigenvalue weighted by molar-refractivity contribution is 6.19. The van der Waals surface area contributed by atoms with Crippen molar-refractivity contribution in [2.45, 2.75) is 0 Å². The summed E-state index contributed by atoms with van der Waals surface area (Å²) < 4.78 is 14.5. The lowest BCUT2D eigenvalue weighted by molar-refractivity contribution is 1.18. The highest BCUT2D eigenvalue weighted by Gasteiger charge is 2.26. The van der Waals surface area contributed by atoms with Gasteiger partial charge in [0.1, 0.15) is 0 Å². The van der Waals surface area contributed by atoms with Gasteiger partial charge < -0.3 is 27.4 Å². The Morgan fingerprint density at radius 2 is 0.333 bits per heavy atom. The molecule has 6 heterocycles. The van der Waals surface area contributed by atoms with E-state index in [-0.39, 0.29) is 0 Å². The van der Waals surface area contributed by atoms with Crippen LogP contribution >= 0.6 is 0 Å². The summed E-state index contributed by atoms with van der Waals surface area (Å²) in [5.41, 5.74) is 36.4. The van der Waals surface area contributed by atoms with Gasteiger partial charge in [0.05, 0.1) is 83.3 Å². The van der Waals surface area contributed by atoms with Gasteiger partial charge in [0.25, 0.3) is 0 Å². The third-order valence-electron chi connectivity index (χ3n) is 29.7.